The molecule has 5 amide bonds. The monoisotopic (exact) mass is 267 g/mol. The lowest BCUT2D eigenvalue weighted by molar-refractivity contribution is -0.142. The molecule has 2 saturated heterocycles. The molecule has 2 atom stereocenters. The summed E-state index contributed by atoms with van der Waals surface area (Å²) in [6.07, 6.45) is 0.870. The number of imide groups is 2. The highest BCUT2D eigenvalue weighted by Gasteiger charge is 2.45. The number of hydrogen-bond acceptors (Lipinski definition) is 4. The van der Waals surface area contributed by atoms with Crippen molar-refractivity contribution in [3.63, 3.8) is 0 Å². The molecular weight excluding hydrogens is 250 g/mol. The fourth-order valence-electron chi connectivity index (χ4n) is 2.40. The Balaban J connectivity index is 2.12. The molecule has 0 spiro atoms. The van der Waals surface area contributed by atoms with Gasteiger partial charge in [0, 0.05) is 6.42 Å². The SMILES string of the molecule is CC(C)C[C@@H]1NC(=O)N([C@H]2CCC(=O)NC2=O)C1=O. The minimum atomic E-state index is -0.873. The van der Waals surface area contributed by atoms with Crippen LogP contribution < -0.4 is 10.6 Å². The first-order valence-corrected chi connectivity index (χ1v) is 6.37. The Morgan fingerprint density at radius 1 is 1.26 bits per heavy atom. The van der Waals surface area contributed by atoms with E-state index < -0.39 is 24.0 Å². The fourth-order valence-corrected chi connectivity index (χ4v) is 2.40. The minimum absolute atomic E-state index is 0.141. The number of carbonyl (C=O) groups is 4. The summed E-state index contributed by atoms with van der Waals surface area (Å²) in [5.74, 6) is -1.07. The summed E-state index contributed by atoms with van der Waals surface area (Å²) in [4.78, 5) is 47.7. The first kappa shape index (κ1) is 13.5. The van der Waals surface area contributed by atoms with Crippen LogP contribution in [-0.4, -0.2) is 40.7 Å². The van der Waals surface area contributed by atoms with Crippen LogP contribution in [0.5, 0.6) is 0 Å². The molecule has 19 heavy (non-hydrogen) atoms. The molecule has 2 aliphatic rings. The molecule has 0 aromatic rings. The number of amides is 5. The van der Waals surface area contributed by atoms with Crippen LogP contribution in [0.3, 0.4) is 0 Å². The van der Waals surface area contributed by atoms with Crippen molar-refractivity contribution in [2.45, 2.75) is 45.2 Å². The highest BCUT2D eigenvalue weighted by Crippen LogP contribution is 2.20. The second kappa shape index (κ2) is 4.99. The molecule has 2 aliphatic heterocycles. The molecule has 7 heteroatoms. The standard InChI is InChI=1S/C12H17N3O4/c1-6(2)5-7-11(18)15(12(19)13-7)8-3-4-9(16)14-10(8)17/h6-8H,3-5H2,1-2H3,(H,13,19)(H,14,16,17)/t7-,8-/m0/s1. The highest BCUT2D eigenvalue weighted by molar-refractivity contribution is 6.10. The predicted octanol–water partition coefficient (Wildman–Crippen LogP) is -0.242. The fraction of sp³-hybridized carbons (Fsp3) is 0.667. The smallest absolute Gasteiger partial charge is 0.325 e. The quantitative estimate of drug-likeness (QED) is 0.545. The number of carbonyl (C=O) groups excluding carboxylic acids is 4. The predicted molar refractivity (Wildman–Crippen MR) is 64.8 cm³/mol. The zero-order valence-corrected chi connectivity index (χ0v) is 10.9. The molecule has 0 bridgehead atoms. The molecule has 0 aromatic carbocycles. The minimum Gasteiger partial charge on any atom is -0.326 e. The number of nitrogens with zero attached hydrogens (tertiary/aromatic N) is 1. The van der Waals surface area contributed by atoms with Crippen LogP contribution in [-0.2, 0) is 14.4 Å². The first-order valence-electron chi connectivity index (χ1n) is 6.37. The van der Waals surface area contributed by atoms with Crippen LogP contribution in [0.1, 0.15) is 33.1 Å². The van der Waals surface area contributed by atoms with Crippen molar-refractivity contribution in [1.82, 2.24) is 15.5 Å². The van der Waals surface area contributed by atoms with Gasteiger partial charge in [0.05, 0.1) is 0 Å². The maximum atomic E-state index is 12.2. The van der Waals surface area contributed by atoms with Gasteiger partial charge in [0.1, 0.15) is 12.1 Å². The summed E-state index contributed by atoms with van der Waals surface area (Å²) in [7, 11) is 0. The Bertz CT molecular complexity index is 446. The molecule has 0 aliphatic carbocycles. The average molecular weight is 267 g/mol. The van der Waals surface area contributed by atoms with E-state index in [1.54, 1.807) is 0 Å². The topological polar surface area (TPSA) is 95.6 Å². The van der Waals surface area contributed by atoms with Crippen LogP contribution >= 0.6 is 0 Å². The van der Waals surface area contributed by atoms with Crippen LogP contribution in [0, 0.1) is 5.92 Å². The van der Waals surface area contributed by atoms with Gasteiger partial charge in [0.25, 0.3) is 5.91 Å². The summed E-state index contributed by atoms with van der Waals surface area (Å²) in [5.41, 5.74) is 0. The lowest BCUT2D eigenvalue weighted by Gasteiger charge is -2.27. The van der Waals surface area contributed by atoms with Gasteiger partial charge in [-0.2, -0.15) is 0 Å². The summed E-state index contributed by atoms with van der Waals surface area (Å²) in [5, 5.41) is 4.74. The van der Waals surface area contributed by atoms with E-state index in [4.69, 9.17) is 0 Å². The molecule has 0 saturated carbocycles. The molecule has 2 N–H and O–H groups in total. The van der Waals surface area contributed by atoms with Crippen molar-refractivity contribution in [3.05, 3.63) is 0 Å². The molecular formula is C12H17N3O4. The highest BCUT2D eigenvalue weighted by atomic mass is 16.2. The van der Waals surface area contributed by atoms with Gasteiger partial charge in [-0.3, -0.25) is 19.7 Å². The molecule has 0 aromatic heterocycles. The van der Waals surface area contributed by atoms with E-state index in [0.717, 1.165) is 4.90 Å². The number of hydrogen-bond donors (Lipinski definition) is 2. The zero-order valence-electron chi connectivity index (χ0n) is 10.9. The van der Waals surface area contributed by atoms with Crippen LogP contribution in [0.2, 0.25) is 0 Å². The maximum absolute atomic E-state index is 12.2. The van der Waals surface area contributed by atoms with Crippen molar-refractivity contribution < 1.29 is 19.2 Å². The average Bonchev–Trinajstić information content (AvgIpc) is 2.55. The van der Waals surface area contributed by atoms with E-state index in [2.05, 4.69) is 10.6 Å². The summed E-state index contributed by atoms with van der Waals surface area (Å²) < 4.78 is 0. The summed E-state index contributed by atoms with van der Waals surface area (Å²) in [6.45, 7) is 3.90. The van der Waals surface area contributed by atoms with E-state index >= 15 is 0 Å². The Kier molecular flexibility index (Phi) is 3.55. The van der Waals surface area contributed by atoms with Crippen LogP contribution in [0.25, 0.3) is 0 Å². The van der Waals surface area contributed by atoms with E-state index in [9.17, 15) is 19.2 Å². The Hall–Kier alpha value is -1.92. The van der Waals surface area contributed by atoms with Gasteiger partial charge in [-0.15, -0.1) is 0 Å². The maximum Gasteiger partial charge on any atom is 0.325 e. The lowest BCUT2D eigenvalue weighted by Crippen LogP contribution is -2.54. The van der Waals surface area contributed by atoms with Gasteiger partial charge in [-0.25, -0.2) is 9.69 Å². The van der Waals surface area contributed by atoms with Gasteiger partial charge in [-0.05, 0) is 18.8 Å². The van der Waals surface area contributed by atoms with Crippen molar-refractivity contribution >= 4 is 23.8 Å². The number of nitrogens with one attached hydrogen (secondary N) is 2. The van der Waals surface area contributed by atoms with Crippen LogP contribution in [0.4, 0.5) is 4.79 Å². The molecule has 2 heterocycles. The Labute approximate surface area is 110 Å². The number of urea groups is 1. The number of piperidine rings is 1. The molecule has 2 fully saturated rings. The molecule has 2 rings (SSSR count). The third kappa shape index (κ3) is 2.59. The third-order valence-electron chi connectivity index (χ3n) is 3.28. The van der Waals surface area contributed by atoms with E-state index in [0.29, 0.717) is 6.42 Å². The van der Waals surface area contributed by atoms with E-state index in [-0.39, 0.29) is 30.6 Å². The molecule has 0 radical (unpaired) electrons. The van der Waals surface area contributed by atoms with Gasteiger partial charge in [-0.1, -0.05) is 13.8 Å². The largest absolute Gasteiger partial charge is 0.326 e. The van der Waals surface area contributed by atoms with Crippen LogP contribution in [0.15, 0.2) is 0 Å². The van der Waals surface area contributed by atoms with Crippen molar-refractivity contribution in [2.24, 2.45) is 5.92 Å². The molecule has 7 nitrogen and oxygen atoms in total. The van der Waals surface area contributed by atoms with Gasteiger partial charge >= 0.3 is 6.03 Å². The van der Waals surface area contributed by atoms with Crippen molar-refractivity contribution in [2.75, 3.05) is 0 Å². The lowest BCUT2D eigenvalue weighted by atomic mass is 10.0. The second-order valence-electron chi connectivity index (χ2n) is 5.31. The van der Waals surface area contributed by atoms with Gasteiger partial charge < -0.3 is 5.32 Å². The Morgan fingerprint density at radius 2 is 1.95 bits per heavy atom. The van der Waals surface area contributed by atoms with E-state index in [1.165, 1.54) is 0 Å². The number of rotatable bonds is 3. The summed E-state index contributed by atoms with van der Waals surface area (Å²) >= 11 is 0. The Morgan fingerprint density at radius 3 is 2.53 bits per heavy atom. The molecule has 104 valence electrons. The third-order valence-corrected chi connectivity index (χ3v) is 3.28. The molecule has 0 unspecified atom stereocenters. The normalized spacial score (nSPS) is 27.8. The van der Waals surface area contributed by atoms with Gasteiger partial charge in [0.2, 0.25) is 11.8 Å². The van der Waals surface area contributed by atoms with Gasteiger partial charge in [0.15, 0.2) is 0 Å². The van der Waals surface area contributed by atoms with Crippen molar-refractivity contribution in [1.29, 1.82) is 0 Å². The van der Waals surface area contributed by atoms with Crippen molar-refractivity contribution in [3.8, 4) is 0 Å². The first-order chi connectivity index (χ1) is 8.90. The zero-order chi connectivity index (χ0) is 14.2. The van der Waals surface area contributed by atoms with E-state index in [1.807, 2.05) is 13.8 Å². The summed E-state index contributed by atoms with van der Waals surface area (Å²) in [6, 6.07) is -1.99. The second-order valence-corrected chi connectivity index (χ2v) is 5.31.